The summed E-state index contributed by atoms with van der Waals surface area (Å²) in [6, 6.07) is 14.9. The number of hydrogen-bond donors (Lipinski definition) is 2. The number of aryl methyl sites for hydroxylation is 1. The molecule has 0 radical (unpaired) electrons. The molecule has 2 aliphatic rings. The van der Waals surface area contributed by atoms with Gasteiger partial charge in [-0.15, -0.1) is 0 Å². The Morgan fingerprint density at radius 3 is 2.52 bits per heavy atom. The topological polar surface area (TPSA) is 81.1 Å². The van der Waals surface area contributed by atoms with Crippen LogP contribution in [0.3, 0.4) is 0 Å². The quantitative estimate of drug-likeness (QED) is 0.674. The molecule has 2 N–H and O–H groups in total. The Hall–Kier alpha value is -2.21. The molecule has 4 atom stereocenters. The van der Waals surface area contributed by atoms with Crippen LogP contribution in [0, 0.1) is 18.8 Å². The molecule has 0 unspecified atom stereocenters. The zero-order valence-corrected chi connectivity index (χ0v) is 20.0. The van der Waals surface area contributed by atoms with E-state index in [1.165, 1.54) is 0 Å². The third-order valence-corrected chi connectivity index (χ3v) is 8.54. The second kappa shape index (κ2) is 9.96. The summed E-state index contributed by atoms with van der Waals surface area (Å²) in [6.45, 7) is 5.34. The summed E-state index contributed by atoms with van der Waals surface area (Å²) in [5.41, 5.74) is 2.81. The largest absolute Gasteiger partial charge is 0.395 e. The number of aliphatic hydroxyl groups excluding tert-OH is 2. The second-order valence-corrected chi connectivity index (χ2v) is 11.0. The van der Waals surface area contributed by atoms with Gasteiger partial charge in [-0.3, -0.25) is 4.90 Å². The standard InChI is InChI=1S/C26H32N2O4S/c1-19-6-5-7-23(16-19)33(31,32)27-14-3-4-15-28-24(17-27)26(25(28)18-29)22-12-10-21(11-13-22)9-8-20(2)30/h5-7,10-13,16,20,24-26,29-30H,3-4,14-15,17-18H2,1-2H3/t20-,24-,25+,26+/m0/s1. The molecule has 0 amide bonds. The SMILES string of the molecule is Cc1cccc(S(=O)(=O)N2CCCCN3[C@H](CO)[C@H](c4ccc(C#C[C@H](C)O)cc4)[C@@H]3C2)c1. The van der Waals surface area contributed by atoms with Crippen LogP contribution in [0.1, 0.15) is 42.4 Å². The van der Waals surface area contributed by atoms with Crippen molar-refractivity contribution in [2.24, 2.45) is 0 Å². The van der Waals surface area contributed by atoms with Crippen molar-refractivity contribution in [3.05, 3.63) is 65.2 Å². The fraction of sp³-hybridized carbons (Fsp3) is 0.462. The Kier molecular flexibility index (Phi) is 7.22. The lowest BCUT2D eigenvalue weighted by Crippen LogP contribution is -2.67. The minimum atomic E-state index is -3.60. The lowest BCUT2D eigenvalue weighted by atomic mass is 9.74. The highest BCUT2D eigenvalue weighted by Gasteiger charge is 2.50. The van der Waals surface area contributed by atoms with Gasteiger partial charge in [0.1, 0.15) is 6.10 Å². The summed E-state index contributed by atoms with van der Waals surface area (Å²) in [4.78, 5) is 2.61. The van der Waals surface area contributed by atoms with Crippen LogP contribution in [0.25, 0.3) is 0 Å². The first-order chi connectivity index (χ1) is 15.8. The van der Waals surface area contributed by atoms with Crippen LogP contribution >= 0.6 is 0 Å². The van der Waals surface area contributed by atoms with Gasteiger partial charge in [0.15, 0.2) is 0 Å². The molecule has 0 spiro atoms. The predicted molar refractivity (Wildman–Crippen MR) is 128 cm³/mol. The first kappa shape index (κ1) is 23.9. The first-order valence-electron chi connectivity index (χ1n) is 11.5. The van der Waals surface area contributed by atoms with Crippen molar-refractivity contribution in [3.8, 4) is 11.8 Å². The van der Waals surface area contributed by atoms with Gasteiger partial charge in [0.25, 0.3) is 0 Å². The van der Waals surface area contributed by atoms with Gasteiger partial charge in [0, 0.05) is 36.7 Å². The van der Waals surface area contributed by atoms with Gasteiger partial charge in [-0.2, -0.15) is 4.31 Å². The molecule has 4 rings (SSSR count). The zero-order chi connectivity index (χ0) is 23.6. The van der Waals surface area contributed by atoms with Gasteiger partial charge in [-0.1, -0.05) is 36.1 Å². The normalized spacial score (nSPS) is 25.0. The Morgan fingerprint density at radius 2 is 1.85 bits per heavy atom. The summed E-state index contributed by atoms with van der Waals surface area (Å²) in [5, 5.41) is 19.5. The van der Waals surface area contributed by atoms with E-state index in [0.29, 0.717) is 18.0 Å². The third-order valence-electron chi connectivity index (χ3n) is 6.68. The van der Waals surface area contributed by atoms with E-state index < -0.39 is 16.1 Å². The van der Waals surface area contributed by atoms with Crippen molar-refractivity contribution in [2.75, 3.05) is 26.2 Å². The molecule has 2 fully saturated rings. The summed E-state index contributed by atoms with van der Waals surface area (Å²) in [5.74, 6) is 5.74. The third kappa shape index (κ3) is 5.01. The fourth-order valence-electron chi connectivity index (χ4n) is 5.03. The van der Waals surface area contributed by atoms with Crippen LogP contribution in [0.2, 0.25) is 0 Å². The van der Waals surface area contributed by atoms with E-state index in [4.69, 9.17) is 0 Å². The second-order valence-electron chi connectivity index (χ2n) is 9.03. The molecule has 0 bridgehead atoms. The average Bonchev–Trinajstić information content (AvgIpc) is 2.77. The number of aliphatic hydroxyl groups is 2. The molecule has 0 aliphatic carbocycles. The van der Waals surface area contributed by atoms with E-state index in [-0.39, 0.29) is 24.6 Å². The van der Waals surface area contributed by atoms with Gasteiger partial charge < -0.3 is 10.2 Å². The van der Waals surface area contributed by atoms with Crippen molar-refractivity contribution in [3.63, 3.8) is 0 Å². The Bertz CT molecular complexity index is 1130. The van der Waals surface area contributed by atoms with Crippen LogP contribution in [-0.4, -0.2) is 72.3 Å². The maximum Gasteiger partial charge on any atom is 0.243 e. The molecule has 176 valence electrons. The van der Waals surface area contributed by atoms with Crippen LogP contribution in [-0.2, 0) is 10.0 Å². The number of sulfonamides is 1. The molecule has 2 aliphatic heterocycles. The highest BCUT2D eigenvalue weighted by atomic mass is 32.2. The monoisotopic (exact) mass is 468 g/mol. The van der Waals surface area contributed by atoms with Crippen molar-refractivity contribution in [2.45, 2.75) is 55.7 Å². The van der Waals surface area contributed by atoms with E-state index in [9.17, 15) is 18.6 Å². The zero-order valence-electron chi connectivity index (χ0n) is 19.2. The highest BCUT2D eigenvalue weighted by Crippen LogP contribution is 2.42. The lowest BCUT2D eigenvalue weighted by molar-refractivity contribution is -0.0553. The molecule has 0 aromatic heterocycles. The maximum atomic E-state index is 13.5. The van der Waals surface area contributed by atoms with Gasteiger partial charge in [-0.25, -0.2) is 8.42 Å². The van der Waals surface area contributed by atoms with E-state index in [1.807, 2.05) is 37.3 Å². The van der Waals surface area contributed by atoms with E-state index >= 15 is 0 Å². The molecule has 2 aromatic rings. The molecule has 7 heteroatoms. The van der Waals surface area contributed by atoms with Crippen LogP contribution in [0.15, 0.2) is 53.4 Å². The number of fused-ring (bicyclic) bond motifs is 1. The molecule has 6 nitrogen and oxygen atoms in total. The number of rotatable bonds is 4. The van der Waals surface area contributed by atoms with Crippen molar-refractivity contribution in [1.82, 2.24) is 9.21 Å². The van der Waals surface area contributed by atoms with Gasteiger partial charge in [0.2, 0.25) is 10.0 Å². The lowest BCUT2D eigenvalue weighted by Gasteiger charge is -2.57. The maximum absolute atomic E-state index is 13.5. The molecule has 33 heavy (non-hydrogen) atoms. The molecule has 2 aromatic carbocycles. The number of hydrogen-bond acceptors (Lipinski definition) is 5. The highest BCUT2D eigenvalue weighted by molar-refractivity contribution is 7.89. The van der Waals surface area contributed by atoms with Crippen LogP contribution in [0.4, 0.5) is 0 Å². The Labute approximate surface area is 196 Å². The Balaban J connectivity index is 1.61. The van der Waals surface area contributed by atoms with Crippen molar-refractivity contribution in [1.29, 1.82) is 0 Å². The van der Waals surface area contributed by atoms with E-state index in [0.717, 1.165) is 36.1 Å². The fourth-order valence-corrected chi connectivity index (χ4v) is 6.63. The van der Waals surface area contributed by atoms with Gasteiger partial charge >= 0.3 is 0 Å². The summed E-state index contributed by atoms with van der Waals surface area (Å²) in [7, 11) is -3.60. The molecule has 2 saturated heterocycles. The van der Waals surface area contributed by atoms with E-state index in [2.05, 4.69) is 16.7 Å². The molecular formula is C26H32N2O4S. The summed E-state index contributed by atoms with van der Waals surface area (Å²) < 4.78 is 28.6. The van der Waals surface area contributed by atoms with Crippen LogP contribution < -0.4 is 0 Å². The van der Waals surface area contributed by atoms with E-state index in [1.54, 1.807) is 29.4 Å². The molecule has 0 saturated carbocycles. The van der Waals surface area contributed by atoms with Gasteiger partial charge in [-0.05, 0) is 68.6 Å². The number of benzene rings is 2. The summed E-state index contributed by atoms with van der Waals surface area (Å²) in [6.07, 6.45) is 1.01. The van der Waals surface area contributed by atoms with Crippen molar-refractivity contribution < 1.29 is 18.6 Å². The predicted octanol–water partition coefficient (Wildman–Crippen LogP) is 2.34. The molecule has 2 heterocycles. The first-order valence-corrected chi connectivity index (χ1v) is 13.0. The summed E-state index contributed by atoms with van der Waals surface area (Å²) >= 11 is 0. The number of nitrogens with zero attached hydrogens (tertiary/aromatic N) is 2. The Morgan fingerprint density at radius 1 is 1.12 bits per heavy atom. The van der Waals surface area contributed by atoms with Gasteiger partial charge in [0.05, 0.1) is 11.5 Å². The van der Waals surface area contributed by atoms with Crippen molar-refractivity contribution >= 4 is 10.0 Å². The van der Waals surface area contributed by atoms with Crippen LogP contribution in [0.5, 0.6) is 0 Å². The minimum absolute atomic E-state index is 0.0106. The molecular weight excluding hydrogens is 436 g/mol. The average molecular weight is 469 g/mol. The smallest absolute Gasteiger partial charge is 0.243 e. The minimum Gasteiger partial charge on any atom is -0.395 e.